The van der Waals surface area contributed by atoms with Gasteiger partial charge in [0.25, 0.3) is 0 Å². The van der Waals surface area contributed by atoms with Crippen molar-refractivity contribution < 1.29 is 14.6 Å². The van der Waals surface area contributed by atoms with E-state index in [4.69, 9.17) is 4.74 Å². The average Bonchev–Trinajstić information content (AvgIpc) is 2.76. The Hall–Kier alpha value is -2.53. The standard InChI is InChI=1S/C23H30N2O3/c1-28-21-9-5-8-19(16-21)17-24-23(27)25-14-12-20(13-15-25)22(26)11-10-18-6-3-2-4-7-18/h2-9,16,20,22,26H,10-15,17H2,1H3,(H,24,27). The zero-order chi connectivity index (χ0) is 19.8. The van der Waals surface area contributed by atoms with Gasteiger partial charge in [-0.05, 0) is 54.9 Å². The summed E-state index contributed by atoms with van der Waals surface area (Å²) in [6.45, 7) is 1.86. The van der Waals surface area contributed by atoms with Crippen LogP contribution in [-0.4, -0.2) is 42.3 Å². The molecule has 5 heteroatoms. The smallest absolute Gasteiger partial charge is 0.317 e. The van der Waals surface area contributed by atoms with Crippen LogP contribution in [0.4, 0.5) is 4.79 Å². The fourth-order valence-corrected chi connectivity index (χ4v) is 3.75. The molecule has 1 aliphatic rings. The van der Waals surface area contributed by atoms with Gasteiger partial charge in [-0.15, -0.1) is 0 Å². The summed E-state index contributed by atoms with van der Waals surface area (Å²) < 4.78 is 5.21. The second-order valence-electron chi connectivity index (χ2n) is 7.43. The number of hydrogen-bond donors (Lipinski definition) is 2. The quantitative estimate of drug-likeness (QED) is 0.769. The number of piperidine rings is 1. The van der Waals surface area contributed by atoms with E-state index in [-0.39, 0.29) is 18.1 Å². The molecule has 0 spiro atoms. The summed E-state index contributed by atoms with van der Waals surface area (Å²) in [4.78, 5) is 14.3. The zero-order valence-electron chi connectivity index (χ0n) is 16.5. The number of aliphatic hydroxyl groups excluding tert-OH is 1. The Morgan fingerprint density at radius 1 is 1.14 bits per heavy atom. The van der Waals surface area contributed by atoms with Crippen LogP contribution in [0.15, 0.2) is 54.6 Å². The first-order valence-electron chi connectivity index (χ1n) is 10.0. The maximum Gasteiger partial charge on any atom is 0.317 e. The Morgan fingerprint density at radius 2 is 1.86 bits per heavy atom. The normalized spacial score (nSPS) is 15.9. The van der Waals surface area contributed by atoms with Gasteiger partial charge in [-0.1, -0.05) is 42.5 Å². The van der Waals surface area contributed by atoms with Gasteiger partial charge >= 0.3 is 6.03 Å². The molecule has 1 atom stereocenters. The number of aryl methyl sites for hydroxylation is 1. The molecule has 150 valence electrons. The molecule has 2 N–H and O–H groups in total. The number of carbonyl (C=O) groups is 1. The molecule has 0 aromatic heterocycles. The molecule has 5 nitrogen and oxygen atoms in total. The number of ether oxygens (including phenoxy) is 1. The summed E-state index contributed by atoms with van der Waals surface area (Å²) in [5.74, 6) is 1.06. The third-order valence-electron chi connectivity index (χ3n) is 5.52. The maximum absolute atomic E-state index is 12.4. The summed E-state index contributed by atoms with van der Waals surface area (Å²) in [7, 11) is 1.64. The third-order valence-corrected chi connectivity index (χ3v) is 5.52. The number of nitrogens with zero attached hydrogens (tertiary/aromatic N) is 1. The number of rotatable bonds is 7. The number of likely N-dealkylation sites (tertiary alicyclic amines) is 1. The van der Waals surface area contributed by atoms with E-state index in [1.54, 1.807) is 7.11 Å². The molecule has 2 aromatic rings. The number of hydrogen-bond acceptors (Lipinski definition) is 3. The highest BCUT2D eigenvalue weighted by atomic mass is 16.5. The van der Waals surface area contributed by atoms with Crippen molar-refractivity contribution >= 4 is 6.03 Å². The second-order valence-corrected chi connectivity index (χ2v) is 7.43. The van der Waals surface area contributed by atoms with Crippen LogP contribution in [0.5, 0.6) is 5.75 Å². The molecule has 1 fully saturated rings. The maximum atomic E-state index is 12.4. The number of carbonyl (C=O) groups excluding carboxylic acids is 1. The molecule has 0 bridgehead atoms. The summed E-state index contributed by atoms with van der Waals surface area (Å²) in [5, 5.41) is 13.5. The van der Waals surface area contributed by atoms with Gasteiger partial charge in [0.15, 0.2) is 0 Å². The van der Waals surface area contributed by atoms with Gasteiger partial charge in [0.2, 0.25) is 0 Å². The molecule has 0 saturated carbocycles. The van der Waals surface area contributed by atoms with Crippen molar-refractivity contribution in [2.45, 2.75) is 38.3 Å². The van der Waals surface area contributed by atoms with Gasteiger partial charge in [0, 0.05) is 19.6 Å². The van der Waals surface area contributed by atoms with Gasteiger partial charge in [0.05, 0.1) is 13.2 Å². The molecular weight excluding hydrogens is 352 g/mol. The van der Waals surface area contributed by atoms with Crippen LogP contribution in [0.3, 0.4) is 0 Å². The molecule has 3 rings (SSSR count). The Morgan fingerprint density at radius 3 is 2.57 bits per heavy atom. The van der Waals surface area contributed by atoms with E-state index in [0.29, 0.717) is 19.6 Å². The van der Waals surface area contributed by atoms with E-state index in [1.165, 1.54) is 5.56 Å². The van der Waals surface area contributed by atoms with Crippen molar-refractivity contribution in [1.82, 2.24) is 10.2 Å². The number of benzene rings is 2. The van der Waals surface area contributed by atoms with Crippen LogP contribution in [-0.2, 0) is 13.0 Å². The highest BCUT2D eigenvalue weighted by molar-refractivity contribution is 5.74. The minimum absolute atomic E-state index is 0.0416. The Labute approximate surface area is 167 Å². The largest absolute Gasteiger partial charge is 0.497 e. The SMILES string of the molecule is COc1cccc(CNC(=O)N2CCC(C(O)CCc3ccccc3)CC2)c1. The van der Waals surface area contributed by atoms with Crippen molar-refractivity contribution in [3.05, 3.63) is 65.7 Å². The molecule has 1 unspecified atom stereocenters. The van der Waals surface area contributed by atoms with E-state index in [9.17, 15) is 9.90 Å². The molecule has 0 radical (unpaired) electrons. The van der Waals surface area contributed by atoms with Crippen molar-refractivity contribution in [3.8, 4) is 5.75 Å². The van der Waals surface area contributed by atoms with Gasteiger partial charge < -0.3 is 20.1 Å². The highest BCUT2D eigenvalue weighted by Gasteiger charge is 2.27. The first-order chi connectivity index (χ1) is 13.7. The first kappa shape index (κ1) is 20.2. The lowest BCUT2D eigenvalue weighted by Crippen LogP contribution is -2.45. The molecule has 28 heavy (non-hydrogen) atoms. The van der Waals surface area contributed by atoms with E-state index in [2.05, 4.69) is 17.4 Å². The molecule has 1 aliphatic heterocycles. The fourth-order valence-electron chi connectivity index (χ4n) is 3.75. The van der Waals surface area contributed by atoms with Crippen molar-refractivity contribution in [2.24, 2.45) is 5.92 Å². The number of urea groups is 1. The number of aliphatic hydroxyl groups is 1. The van der Waals surface area contributed by atoms with E-state index < -0.39 is 0 Å². The first-order valence-corrected chi connectivity index (χ1v) is 10.0. The minimum atomic E-state index is -0.304. The summed E-state index contributed by atoms with van der Waals surface area (Å²) in [6.07, 6.45) is 3.06. The van der Waals surface area contributed by atoms with Crippen LogP contribution in [0.2, 0.25) is 0 Å². The van der Waals surface area contributed by atoms with E-state index in [0.717, 1.165) is 37.0 Å². The van der Waals surface area contributed by atoms with Crippen LogP contribution in [0, 0.1) is 5.92 Å². The molecular formula is C23H30N2O3. The molecule has 1 heterocycles. The molecule has 2 amide bonds. The number of amides is 2. The van der Waals surface area contributed by atoms with Crippen LogP contribution in [0.25, 0.3) is 0 Å². The Bertz CT molecular complexity index is 743. The lowest BCUT2D eigenvalue weighted by molar-refractivity contribution is 0.0610. The van der Waals surface area contributed by atoms with Gasteiger partial charge in [0.1, 0.15) is 5.75 Å². The van der Waals surface area contributed by atoms with Gasteiger partial charge in [-0.2, -0.15) is 0 Å². The van der Waals surface area contributed by atoms with Crippen molar-refractivity contribution in [3.63, 3.8) is 0 Å². The topological polar surface area (TPSA) is 61.8 Å². The monoisotopic (exact) mass is 382 g/mol. The highest BCUT2D eigenvalue weighted by Crippen LogP contribution is 2.23. The summed E-state index contributed by atoms with van der Waals surface area (Å²) in [5.41, 5.74) is 2.27. The zero-order valence-corrected chi connectivity index (χ0v) is 16.5. The lowest BCUT2D eigenvalue weighted by atomic mass is 9.88. The summed E-state index contributed by atoms with van der Waals surface area (Å²) >= 11 is 0. The van der Waals surface area contributed by atoms with Crippen LogP contribution < -0.4 is 10.1 Å². The molecule has 0 aliphatic carbocycles. The van der Waals surface area contributed by atoms with E-state index >= 15 is 0 Å². The Kier molecular flexibility index (Phi) is 7.31. The number of nitrogens with one attached hydrogen (secondary N) is 1. The predicted molar refractivity (Wildman–Crippen MR) is 110 cm³/mol. The van der Waals surface area contributed by atoms with Crippen LogP contribution >= 0.6 is 0 Å². The van der Waals surface area contributed by atoms with Gasteiger partial charge in [-0.3, -0.25) is 0 Å². The van der Waals surface area contributed by atoms with E-state index in [1.807, 2.05) is 47.4 Å². The molecule has 1 saturated heterocycles. The minimum Gasteiger partial charge on any atom is -0.497 e. The second kappa shape index (κ2) is 10.1. The number of methoxy groups -OCH3 is 1. The Balaban J connectivity index is 1.39. The summed E-state index contributed by atoms with van der Waals surface area (Å²) in [6, 6.07) is 17.9. The average molecular weight is 383 g/mol. The molecule has 2 aromatic carbocycles. The van der Waals surface area contributed by atoms with Crippen molar-refractivity contribution in [2.75, 3.05) is 20.2 Å². The predicted octanol–water partition coefficient (Wildman–Crippen LogP) is 3.61. The third kappa shape index (κ3) is 5.73. The van der Waals surface area contributed by atoms with Crippen molar-refractivity contribution in [1.29, 1.82) is 0 Å². The van der Waals surface area contributed by atoms with Gasteiger partial charge in [-0.25, -0.2) is 4.79 Å². The van der Waals surface area contributed by atoms with Crippen LogP contribution in [0.1, 0.15) is 30.4 Å². The fraction of sp³-hybridized carbons (Fsp3) is 0.435. The lowest BCUT2D eigenvalue weighted by Gasteiger charge is -2.34.